The predicted molar refractivity (Wildman–Crippen MR) is 55.3 cm³/mol. The molecule has 0 spiro atoms. The normalized spacial score (nSPS) is 15.8. The molecular formula is C9H9BrN4O. The topological polar surface area (TPSA) is 56.7 Å². The lowest BCUT2D eigenvalue weighted by molar-refractivity contribution is 0.372. The van der Waals surface area contributed by atoms with E-state index in [1.54, 1.807) is 10.9 Å². The number of hydrogen-bond acceptors (Lipinski definition) is 4. The van der Waals surface area contributed by atoms with Crippen molar-refractivity contribution in [3.8, 4) is 0 Å². The summed E-state index contributed by atoms with van der Waals surface area (Å²) in [5.41, 5.74) is 0. The van der Waals surface area contributed by atoms with Crippen molar-refractivity contribution in [2.75, 3.05) is 0 Å². The molecule has 1 saturated carbocycles. The van der Waals surface area contributed by atoms with Crippen LogP contribution in [0.15, 0.2) is 21.4 Å². The van der Waals surface area contributed by atoms with Crippen LogP contribution in [0.1, 0.15) is 30.5 Å². The zero-order chi connectivity index (χ0) is 10.3. The zero-order valence-corrected chi connectivity index (χ0v) is 9.51. The minimum absolute atomic E-state index is 0.510. The van der Waals surface area contributed by atoms with Gasteiger partial charge in [0.2, 0.25) is 5.89 Å². The van der Waals surface area contributed by atoms with Crippen LogP contribution in [0.4, 0.5) is 0 Å². The van der Waals surface area contributed by atoms with Gasteiger partial charge in [0.15, 0.2) is 5.82 Å². The monoisotopic (exact) mass is 268 g/mol. The summed E-state index contributed by atoms with van der Waals surface area (Å²) in [5.74, 6) is 1.97. The highest BCUT2D eigenvalue weighted by Gasteiger charge is 2.29. The van der Waals surface area contributed by atoms with Crippen molar-refractivity contribution in [2.45, 2.75) is 25.3 Å². The fourth-order valence-electron chi connectivity index (χ4n) is 1.40. The van der Waals surface area contributed by atoms with Crippen molar-refractivity contribution < 1.29 is 4.52 Å². The third kappa shape index (κ3) is 1.94. The Kier molecular flexibility index (Phi) is 2.09. The van der Waals surface area contributed by atoms with Crippen LogP contribution in [0.2, 0.25) is 0 Å². The SMILES string of the molecule is Brc1cnn(Cc2noc(C3CC3)n2)c1. The highest BCUT2D eigenvalue weighted by molar-refractivity contribution is 9.10. The summed E-state index contributed by atoms with van der Waals surface area (Å²) in [7, 11) is 0. The fourth-order valence-corrected chi connectivity index (χ4v) is 1.73. The lowest BCUT2D eigenvalue weighted by atomic mass is 10.4. The van der Waals surface area contributed by atoms with E-state index in [2.05, 4.69) is 31.2 Å². The zero-order valence-electron chi connectivity index (χ0n) is 7.93. The Morgan fingerprint density at radius 1 is 1.53 bits per heavy atom. The maximum Gasteiger partial charge on any atom is 0.229 e. The molecule has 0 bridgehead atoms. The minimum Gasteiger partial charge on any atom is -0.339 e. The van der Waals surface area contributed by atoms with Gasteiger partial charge in [-0.15, -0.1) is 0 Å². The molecule has 0 saturated heterocycles. The van der Waals surface area contributed by atoms with E-state index in [1.807, 2.05) is 6.20 Å². The van der Waals surface area contributed by atoms with Gasteiger partial charge in [-0.3, -0.25) is 4.68 Å². The van der Waals surface area contributed by atoms with Gasteiger partial charge in [-0.1, -0.05) is 5.16 Å². The molecule has 2 heterocycles. The van der Waals surface area contributed by atoms with Gasteiger partial charge in [0, 0.05) is 12.1 Å². The Labute approximate surface area is 94.6 Å². The molecule has 2 aromatic heterocycles. The molecule has 1 aliphatic carbocycles. The van der Waals surface area contributed by atoms with Crippen LogP contribution < -0.4 is 0 Å². The minimum atomic E-state index is 0.510. The highest BCUT2D eigenvalue weighted by atomic mass is 79.9. The lowest BCUT2D eigenvalue weighted by Crippen LogP contribution is -2.01. The molecule has 0 N–H and O–H groups in total. The molecule has 0 aromatic carbocycles. The van der Waals surface area contributed by atoms with Gasteiger partial charge in [-0.05, 0) is 28.8 Å². The van der Waals surface area contributed by atoms with Crippen LogP contribution in [0, 0.1) is 0 Å². The molecule has 3 rings (SSSR count). The van der Waals surface area contributed by atoms with Crippen LogP contribution >= 0.6 is 15.9 Å². The van der Waals surface area contributed by atoms with Crippen LogP contribution in [0.5, 0.6) is 0 Å². The quantitative estimate of drug-likeness (QED) is 0.854. The summed E-state index contributed by atoms with van der Waals surface area (Å²) in [6, 6.07) is 0. The highest BCUT2D eigenvalue weighted by Crippen LogP contribution is 2.38. The van der Waals surface area contributed by atoms with E-state index in [0.717, 1.165) is 10.4 Å². The van der Waals surface area contributed by atoms with E-state index in [0.29, 0.717) is 18.3 Å². The first-order valence-corrected chi connectivity index (χ1v) is 5.61. The average Bonchev–Trinajstić information content (AvgIpc) is 2.84. The molecule has 2 aromatic rings. The van der Waals surface area contributed by atoms with Crippen molar-refractivity contribution in [2.24, 2.45) is 0 Å². The Hall–Kier alpha value is -1.17. The number of halogens is 1. The largest absolute Gasteiger partial charge is 0.339 e. The van der Waals surface area contributed by atoms with Gasteiger partial charge in [0.1, 0.15) is 6.54 Å². The third-order valence-corrected chi connectivity index (χ3v) is 2.73. The van der Waals surface area contributed by atoms with E-state index in [9.17, 15) is 0 Å². The summed E-state index contributed by atoms with van der Waals surface area (Å²) >= 11 is 3.34. The number of rotatable bonds is 3. The lowest BCUT2D eigenvalue weighted by Gasteiger charge is -1.93. The van der Waals surface area contributed by atoms with E-state index in [4.69, 9.17) is 4.52 Å². The maximum atomic E-state index is 5.15. The summed E-state index contributed by atoms with van der Waals surface area (Å²) in [6.07, 6.45) is 5.97. The molecule has 0 aliphatic heterocycles. The average molecular weight is 269 g/mol. The van der Waals surface area contributed by atoms with Crippen LogP contribution in [-0.2, 0) is 6.54 Å². The first-order valence-electron chi connectivity index (χ1n) is 4.82. The molecule has 0 atom stereocenters. The van der Waals surface area contributed by atoms with E-state index >= 15 is 0 Å². The van der Waals surface area contributed by atoms with Crippen molar-refractivity contribution in [1.29, 1.82) is 0 Å². The van der Waals surface area contributed by atoms with E-state index < -0.39 is 0 Å². The second kappa shape index (κ2) is 3.44. The van der Waals surface area contributed by atoms with E-state index in [-0.39, 0.29) is 0 Å². The van der Waals surface area contributed by atoms with Gasteiger partial charge in [-0.25, -0.2) is 0 Å². The number of nitrogens with zero attached hydrogens (tertiary/aromatic N) is 4. The molecule has 0 amide bonds. The predicted octanol–water partition coefficient (Wildman–Crippen LogP) is 1.95. The Balaban J connectivity index is 1.75. The first kappa shape index (κ1) is 9.08. The smallest absolute Gasteiger partial charge is 0.229 e. The maximum absolute atomic E-state index is 5.15. The standard InChI is InChI=1S/C9H9BrN4O/c10-7-3-11-14(4-7)5-8-12-9(15-13-8)6-1-2-6/h3-4,6H,1-2,5H2. The number of hydrogen-bond donors (Lipinski definition) is 0. The molecule has 15 heavy (non-hydrogen) atoms. The van der Waals surface area contributed by atoms with Crippen molar-refractivity contribution in [1.82, 2.24) is 19.9 Å². The summed E-state index contributed by atoms with van der Waals surface area (Å²) in [5, 5.41) is 8.05. The molecule has 78 valence electrons. The second-order valence-electron chi connectivity index (χ2n) is 3.68. The van der Waals surface area contributed by atoms with Crippen molar-refractivity contribution >= 4 is 15.9 Å². The van der Waals surface area contributed by atoms with Crippen LogP contribution in [0.3, 0.4) is 0 Å². The molecule has 5 nitrogen and oxygen atoms in total. The molecule has 1 fully saturated rings. The summed E-state index contributed by atoms with van der Waals surface area (Å²) < 4.78 is 7.88. The number of aromatic nitrogens is 4. The first-order chi connectivity index (χ1) is 7.31. The van der Waals surface area contributed by atoms with Gasteiger partial charge < -0.3 is 4.52 Å². The second-order valence-corrected chi connectivity index (χ2v) is 4.59. The van der Waals surface area contributed by atoms with Crippen molar-refractivity contribution in [3.05, 3.63) is 28.6 Å². The Bertz CT molecular complexity index is 474. The summed E-state index contributed by atoms with van der Waals surface area (Å²) in [4.78, 5) is 4.32. The fraction of sp³-hybridized carbons (Fsp3) is 0.444. The van der Waals surface area contributed by atoms with Crippen LogP contribution in [0.25, 0.3) is 0 Å². The molecule has 6 heteroatoms. The molecule has 1 aliphatic rings. The van der Waals surface area contributed by atoms with Gasteiger partial charge >= 0.3 is 0 Å². The molecule has 0 radical (unpaired) electrons. The molecule has 0 unspecified atom stereocenters. The third-order valence-electron chi connectivity index (χ3n) is 2.32. The Morgan fingerprint density at radius 3 is 3.07 bits per heavy atom. The molecular weight excluding hydrogens is 260 g/mol. The Morgan fingerprint density at radius 2 is 2.40 bits per heavy atom. The van der Waals surface area contributed by atoms with E-state index in [1.165, 1.54) is 12.8 Å². The van der Waals surface area contributed by atoms with Gasteiger partial charge in [0.05, 0.1) is 10.7 Å². The van der Waals surface area contributed by atoms with Gasteiger partial charge in [0.25, 0.3) is 0 Å². The van der Waals surface area contributed by atoms with Crippen molar-refractivity contribution in [3.63, 3.8) is 0 Å². The van der Waals surface area contributed by atoms with Gasteiger partial charge in [-0.2, -0.15) is 10.1 Å². The summed E-state index contributed by atoms with van der Waals surface area (Å²) in [6.45, 7) is 0.557. The van der Waals surface area contributed by atoms with Crippen LogP contribution in [-0.4, -0.2) is 19.9 Å².